The second kappa shape index (κ2) is 7.26. The quantitative estimate of drug-likeness (QED) is 0.705. The van der Waals surface area contributed by atoms with Crippen LogP contribution in [0.3, 0.4) is 0 Å². The van der Waals surface area contributed by atoms with Gasteiger partial charge >= 0.3 is 0 Å². The van der Waals surface area contributed by atoms with Gasteiger partial charge in [0.1, 0.15) is 5.69 Å². The van der Waals surface area contributed by atoms with Gasteiger partial charge in [0.05, 0.1) is 31.2 Å². The molecule has 26 heavy (non-hydrogen) atoms. The van der Waals surface area contributed by atoms with Crippen molar-refractivity contribution in [3.63, 3.8) is 0 Å². The highest BCUT2D eigenvalue weighted by molar-refractivity contribution is 5.95. The number of ether oxygens (including phenoxy) is 1. The molecule has 0 atom stereocenters. The number of methoxy groups -OCH3 is 1. The maximum Gasteiger partial charge on any atom is 0.254 e. The van der Waals surface area contributed by atoms with Gasteiger partial charge in [-0.25, -0.2) is 13.8 Å². The minimum Gasteiger partial charge on any atom is -0.491 e. The lowest BCUT2D eigenvalue weighted by molar-refractivity contribution is 0.0944. The van der Waals surface area contributed by atoms with Crippen molar-refractivity contribution in [2.45, 2.75) is 6.54 Å². The molecule has 0 radical (unpaired) electrons. The lowest BCUT2D eigenvalue weighted by atomic mass is 10.1. The van der Waals surface area contributed by atoms with Crippen molar-refractivity contribution in [2.75, 3.05) is 7.11 Å². The van der Waals surface area contributed by atoms with Crippen LogP contribution in [0.15, 0.2) is 41.3 Å². The highest BCUT2D eigenvalue weighted by Crippen LogP contribution is 2.27. The van der Waals surface area contributed by atoms with E-state index >= 15 is 0 Å². The van der Waals surface area contributed by atoms with Crippen LogP contribution in [0.4, 0.5) is 13.2 Å². The van der Waals surface area contributed by atoms with Gasteiger partial charge in [-0.2, -0.15) is 4.39 Å². The van der Waals surface area contributed by atoms with Crippen LogP contribution >= 0.6 is 0 Å². The van der Waals surface area contributed by atoms with Gasteiger partial charge in [0, 0.05) is 12.4 Å². The topological polar surface area (TPSA) is 77.2 Å². The molecule has 0 fully saturated rings. The first-order valence-corrected chi connectivity index (χ1v) is 7.36. The van der Waals surface area contributed by atoms with E-state index in [1.165, 1.54) is 18.7 Å². The average molecular weight is 363 g/mol. The predicted molar refractivity (Wildman–Crippen MR) is 83.8 cm³/mol. The van der Waals surface area contributed by atoms with Crippen LogP contribution in [-0.4, -0.2) is 23.0 Å². The summed E-state index contributed by atoms with van der Waals surface area (Å²) in [6.07, 6.45) is 4.31. The van der Waals surface area contributed by atoms with Gasteiger partial charge in [-0.05, 0) is 18.2 Å². The van der Waals surface area contributed by atoms with E-state index in [2.05, 4.69) is 20.0 Å². The summed E-state index contributed by atoms with van der Waals surface area (Å²) < 4.78 is 50.9. The molecule has 0 bridgehead atoms. The molecular formula is C17H12F3N3O3. The third-order valence-corrected chi connectivity index (χ3v) is 3.51. The average Bonchev–Trinajstić information content (AvgIpc) is 3.18. The number of hydrogen-bond acceptors (Lipinski definition) is 5. The maximum atomic E-state index is 14.2. The highest BCUT2D eigenvalue weighted by Gasteiger charge is 2.24. The molecule has 1 N–H and O–H groups in total. The smallest absolute Gasteiger partial charge is 0.254 e. The monoisotopic (exact) mass is 363 g/mol. The summed E-state index contributed by atoms with van der Waals surface area (Å²) in [5.41, 5.74) is 0.0519. The van der Waals surface area contributed by atoms with E-state index in [9.17, 15) is 18.0 Å². The first-order chi connectivity index (χ1) is 12.5. The summed E-state index contributed by atoms with van der Waals surface area (Å²) >= 11 is 0. The van der Waals surface area contributed by atoms with Crippen molar-refractivity contribution in [1.82, 2.24) is 15.3 Å². The first-order valence-electron chi connectivity index (χ1n) is 7.36. The Morgan fingerprint density at radius 3 is 2.69 bits per heavy atom. The number of hydrogen-bond donors (Lipinski definition) is 1. The number of nitrogens with one attached hydrogen (secondary N) is 1. The molecule has 0 saturated heterocycles. The molecule has 6 nitrogen and oxygen atoms in total. The molecule has 0 aliphatic heterocycles. The number of amides is 1. The lowest BCUT2D eigenvalue weighted by Crippen LogP contribution is -2.25. The van der Waals surface area contributed by atoms with Crippen LogP contribution in [0.5, 0.6) is 5.75 Å². The molecule has 9 heteroatoms. The number of rotatable bonds is 5. The van der Waals surface area contributed by atoms with Crippen molar-refractivity contribution in [3.8, 4) is 17.2 Å². The summed E-state index contributed by atoms with van der Waals surface area (Å²) in [5, 5.41) is 2.39. The van der Waals surface area contributed by atoms with E-state index < -0.39 is 34.7 Å². The van der Waals surface area contributed by atoms with Gasteiger partial charge in [-0.1, -0.05) is 0 Å². The van der Waals surface area contributed by atoms with E-state index in [1.54, 1.807) is 12.1 Å². The van der Waals surface area contributed by atoms with Crippen LogP contribution in [0.2, 0.25) is 0 Å². The minimum atomic E-state index is -1.50. The zero-order chi connectivity index (χ0) is 18.7. The van der Waals surface area contributed by atoms with Gasteiger partial charge < -0.3 is 14.5 Å². The second-order valence-electron chi connectivity index (χ2n) is 5.08. The first kappa shape index (κ1) is 17.5. The van der Waals surface area contributed by atoms with Crippen LogP contribution in [0, 0.1) is 17.5 Å². The van der Waals surface area contributed by atoms with E-state index in [0.29, 0.717) is 23.2 Å². The third kappa shape index (κ3) is 3.23. The van der Waals surface area contributed by atoms with Crippen LogP contribution in [-0.2, 0) is 6.54 Å². The number of carbonyl (C=O) groups excluding carboxylic acids is 1. The largest absolute Gasteiger partial charge is 0.491 e. The number of benzene rings is 1. The number of nitrogens with zero attached hydrogens (tertiary/aromatic N) is 2. The molecule has 134 valence electrons. The Kier molecular flexibility index (Phi) is 4.87. The highest BCUT2D eigenvalue weighted by atomic mass is 19.2. The number of aromatic nitrogens is 2. The van der Waals surface area contributed by atoms with Gasteiger partial charge in [-0.3, -0.25) is 9.78 Å². The van der Waals surface area contributed by atoms with E-state index in [4.69, 9.17) is 4.42 Å². The summed E-state index contributed by atoms with van der Waals surface area (Å²) in [6.45, 7) is -0.135. The fraction of sp³-hybridized carbons (Fsp3) is 0.118. The normalized spacial score (nSPS) is 10.6. The molecule has 3 aromatic rings. The molecule has 0 aliphatic rings. The standard InChI is InChI=1S/C17H12F3N3O3/c1-25-16-13(19)9(7-10(18)14(16)20)17(24)23-8-11-15(22-5-4-21-11)12-3-2-6-26-12/h2-7H,8H2,1H3,(H,23,24). The molecule has 0 unspecified atom stereocenters. The van der Waals surface area contributed by atoms with Gasteiger partial charge in [-0.15, -0.1) is 0 Å². The van der Waals surface area contributed by atoms with Gasteiger partial charge in [0.15, 0.2) is 23.1 Å². The Bertz CT molecular complexity index is 946. The fourth-order valence-corrected chi connectivity index (χ4v) is 2.30. The predicted octanol–water partition coefficient (Wildman–Crippen LogP) is 3.09. The van der Waals surface area contributed by atoms with Crippen LogP contribution in [0.1, 0.15) is 16.1 Å². The number of halogens is 3. The summed E-state index contributed by atoms with van der Waals surface area (Å²) in [7, 11) is 0.970. The maximum absolute atomic E-state index is 14.2. The Labute approximate surface area is 145 Å². The molecule has 0 saturated carbocycles. The van der Waals surface area contributed by atoms with Crippen molar-refractivity contribution in [2.24, 2.45) is 0 Å². The van der Waals surface area contributed by atoms with Crippen molar-refractivity contribution < 1.29 is 27.1 Å². The van der Waals surface area contributed by atoms with E-state index in [-0.39, 0.29) is 6.54 Å². The fourth-order valence-electron chi connectivity index (χ4n) is 2.30. The molecule has 3 rings (SSSR count). The zero-order valence-electron chi connectivity index (χ0n) is 13.4. The zero-order valence-corrected chi connectivity index (χ0v) is 13.4. The SMILES string of the molecule is COc1c(F)c(F)cc(C(=O)NCc2nccnc2-c2ccco2)c1F. The molecular weight excluding hydrogens is 351 g/mol. The molecule has 1 aromatic carbocycles. The molecule has 2 aromatic heterocycles. The van der Waals surface area contributed by atoms with Crippen molar-refractivity contribution in [1.29, 1.82) is 0 Å². The molecule has 1 amide bonds. The van der Waals surface area contributed by atoms with E-state index in [0.717, 1.165) is 7.11 Å². The molecule has 0 aliphatic carbocycles. The summed E-state index contributed by atoms with van der Waals surface area (Å²) in [4.78, 5) is 20.4. The lowest BCUT2D eigenvalue weighted by Gasteiger charge is -2.11. The van der Waals surface area contributed by atoms with Crippen LogP contribution < -0.4 is 10.1 Å². The van der Waals surface area contributed by atoms with Crippen molar-refractivity contribution in [3.05, 3.63) is 65.6 Å². The Balaban J connectivity index is 1.84. The van der Waals surface area contributed by atoms with Gasteiger partial charge in [0.2, 0.25) is 5.82 Å². The second-order valence-corrected chi connectivity index (χ2v) is 5.08. The van der Waals surface area contributed by atoms with Gasteiger partial charge in [0.25, 0.3) is 5.91 Å². The Hall–Kier alpha value is -3.36. The molecule has 0 spiro atoms. The third-order valence-electron chi connectivity index (χ3n) is 3.51. The van der Waals surface area contributed by atoms with Crippen molar-refractivity contribution >= 4 is 5.91 Å². The number of furan rings is 1. The van der Waals surface area contributed by atoms with Crippen LogP contribution in [0.25, 0.3) is 11.5 Å². The minimum absolute atomic E-state index is 0.135. The van der Waals surface area contributed by atoms with E-state index in [1.807, 2.05) is 0 Å². The molecule has 2 heterocycles. The number of carbonyl (C=O) groups is 1. The summed E-state index contributed by atoms with van der Waals surface area (Å²) in [6, 6.07) is 3.79. The Morgan fingerprint density at radius 2 is 2.00 bits per heavy atom. The summed E-state index contributed by atoms with van der Waals surface area (Å²) in [5.74, 6) is -5.70. The Morgan fingerprint density at radius 1 is 1.23 bits per heavy atom.